The summed E-state index contributed by atoms with van der Waals surface area (Å²) in [5, 5.41) is 2.88. The van der Waals surface area contributed by atoms with Crippen LogP contribution in [0.1, 0.15) is 48.9 Å². The Labute approximate surface area is 147 Å². The average molecular weight is 344 g/mol. The summed E-state index contributed by atoms with van der Waals surface area (Å²) in [5.41, 5.74) is 0.248. The first-order valence-electron chi connectivity index (χ1n) is 8.55. The lowest BCUT2D eigenvalue weighted by atomic mass is 10.2. The zero-order valence-electron chi connectivity index (χ0n) is 14.5. The monoisotopic (exact) mass is 344 g/mol. The summed E-state index contributed by atoms with van der Waals surface area (Å²) < 4.78 is 5.32. The van der Waals surface area contributed by atoms with Crippen molar-refractivity contribution in [2.45, 2.75) is 39.2 Å². The molecule has 134 valence electrons. The highest BCUT2D eigenvalue weighted by Gasteiger charge is 2.19. The molecule has 0 aliphatic heterocycles. The molecule has 2 aromatic rings. The molecule has 0 aliphatic rings. The van der Waals surface area contributed by atoms with Gasteiger partial charge in [0, 0.05) is 31.9 Å². The maximum atomic E-state index is 12.6. The molecule has 0 saturated heterocycles. The van der Waals surface area contributed by atoms with Crippen LogP contribution in [0, 0.1) is 0 Å². The van der Waals surface area contributed by atoms with Gasteiger partial charge >= 0.3 is 0 Å². The molecule has 0 aliphatic carbocycles. The molecule has 25 heavy (non-hydrogen) atoms. The third-order valence-corrected chi connectivity index (χ3v) is 3.71. The summed E-state index contributed by atoms with van der Waals surface area (Å²) >= 11 is 0. The topological polar surface area (TPSA) is 88.3 Å². The molecule has 7 heteroatoms. The van der Waals surface area contributed by atoms with Crippen molar-refractivity contribution < 1.29 is 14.0 Å². The van der Waals surface area contributed by atoms with Crippen LogP contribution in [0.15, 0.2) is 41.4 Å². The Kier molecular flexibility index (Phi) is 7.62. The highest BCUT2D eigenvalue weighted by molar-refractivity contribution is 5.92. The fourth-order valence-electron chi connectivity index (χ4n) is 2.34. The van der Waals surface area contributed by atoms with Crippen LogP contribution in [-0.4, -0.2) is 39.8 Å². The predicted molar refractivity (Wildman–Crippen MR) is 92.6 cm³/mol. The second-order valence-electron chi connectivity index (χ2n) is 5.70. The van der Waals surface area contributed by atoms with Gasteiger partial charge in [-0.15, -0.1) is 0 Å². The lowest BCUT2D eigenvalue weighted by molar-refractivity contribution is -0.121. The maximum absolute atomic E-state index is 12.6. The molecule has 0 atom stereocenters. The van der Waals surface area contributed by atoms with Gasteiger partial charge in [-0.1, -0.05) is 19.8 Å². The Hall–Kier alpha value is -2.70. The van der Waals surface area contributed by atoms with E-state index < -0.39 is 0 Å². The van der Waals surface area contributed by atoms with Gasteiger partial charge in [-0.3, -0.25) is 14.6 Å². The predicted octanol–water partition coefficient (Wildman–Crippen LogP) is 2.41. The van der Waals surface area contributed by atoms with Crippen molar-refractivity contribution in [2.75, 3.05) is 13.1 Å². The minimum absolute atomic E-state index is 0.0625. The van der Waals surface area contributed by atoms with Crippen molar-refractivity contribution in [1.82, 2.24) is 20.2 Å². The van der Waals surface area contributed by atoms with Crippen LogP contribution in [0.2, 0.25) is 0 Å². The van der Waals surface area contributed by atoms with Gasteiger partial charge in [0.1, 0.15) is 11.5 Å². The van der Waals surface area contributed by atoms with E-state index in [2.05, 4.69) is 22.2 Å². The Morgan fingerprint density at radius 3 is 2.84 bits per heavy atom. The molecule has 2 heterocycles. The van der Waals surface area contributed by atoms with Gasteiger partial charge in [-0.2, -0.15) is 0 Å². The van der Waals surface area contributed by atoms with Crippen LogP contribution in [0.3, 0.4) is 0 Å². The zero-order chi connectivity index (χ0) is 17.9. The van der Waals surface area contributed by atoms with Gasteiger partial charge in [0.15, 0.2) is 0 Å². The number of furan rings is 1. The van der Waals surface area contributed by atoms with Crippen molar-refractivity contribution in [1.29, 1.82) is 0 Å². The van der Waals surface area contributed by atoms with E-state index in [9.17, 15) is 9.59 Å². The highest BCUT2D eigenvalue weighted by atomic mass is 16.3. The van der Waals surface area contributed by atoms with Gasteiger partial charge in [-0.05, 0) is 18.6 Å². The van der Waals surface area contributed by atoms with Crippen molar-refractivity contribution in [3.63, 3.8) is 0 Å². The number of aromatic nitrogens is 2. The molecule has 0 aromatic carbocycles. The lowest BCUT2D eigenvalue weighted by Crippen LogP contribution is -2.35. The minimum Gasteiger partial charge on any atom is -0.467 e. The van der Waals surface area contributed by atoms with Gasteiger partial charge in [0.05, 0.1) is 19.0 Å². The molecule has 0 fully saturated rings. The highest BCUT2D eigenvalue weighted by Crippen LogP contribution is 2.09. The molecule has 2 amide bonds. The van der Waals surface area contributed by atoms with Gasteiger partial charge in [0.25, 0.3) is 5.91 Å². The molecule has 7 nitrogen and oxygen atoms in total. The molecule has 2 rings (SSSR count). The van der Waals surface area contributed by atoms with Crippen molar-refractivity contribution >= 4 is 11.8 Å². The summed E-state index contributed by atoms with van der Waals surface area (Å²) in [4.78, 5) is 34.1. The quantitative estimate of drug-likeness (QED) is 0.669. The Morgan fingerprint density at radius 2 is 2.16 bits per heavy atom. The number of hydrogen-bond acceptors (Lipinski definition) is 5. The van der Waals surface area contributed by atoms with Crippen molar-refractivity contribution in [3.8, 4) is 0 Å². The summed E-state index contributed by atoms with van der Waals surface area (Å²) in [6.07, 6.45) is 9.37. The van der Waals surface area contributed by atoms with E-state index in [0.717, 1.165) is 19.3 Å². The molecule has 0 saturated carbocycles. The van der Waals surface area contributed by atoms with E-state index in [-0.39, 0.29) is 37.0 Å². The Morgan fingerprint density at radius 1 is 1.28 bits per heavy atom. The summed E-state index contributed by atoms with van der Waals surface area (Å²) in [6.45, 7) is 3.36. The van der Waals surface area contributed by atoms with E-state index >= 15 is 0 Å². The van der Waals surface area contributed by atoms with Crippen LogP contribution in [0.4, 0.5) is 0 Å². The van der Waals surface area contributed by atoms with Gasteiger partial charge in [-0.25, -0.2) is 4.98 Å². The molecule has 2 aromatic heterocycles. The number of amides is 2. The third-order valence-electron chi connectivity index (χ3n) is 3.71. The standard InChI is InChI=1S/C18H24N4O3/c1-2-3-4-8-21-17(23)7-11-22(14-15-6-5-12-25-15)18(24)16-13-19-9-10-20-16/h5-6,9-10,12-13H,2-4,7-8,11,14H2,1H3,(H,21,23). The molecule has 0 radical (unpaired) electrons. The minimum atomic E-state index is -0.275. The van der Waals surface area contributed by atoms with Crippen molar-refractivity contribution in [2.24, 2.45) is 0 Å². The fraction of sp³-hybridized carbons (Fsp3) is 0.444. The molecule has 1 N–H and O–H groups in total. The second-order valence-corrected chi connectivity index (χ2v) is 5.70. The van der Waals surface area contributed by atoms with Gasteiger partial charge in [0.2, 0.25) is 5.91 Å². The number of nitrogens with zero attached hydrogens (tertiary/aromatic N) is 3. The third kappa shape index (κ3) is 6.37. The van der Waals surface area contributed by atoms with E-state index in [0.29, 0.717) is 12.3 Å². The lowest BCUT2D eigenvalue weighted by Gasteiger charge is -2.21. The van der Waals surface area contributed by atoms with E-state index in [4.69, 9.17) is 4.42 Å². The Balaban J connectivity index is 1.93. The molecule has 0 bridgehead atoms. The molecular formula is C18H24N4O3. The number of unbranched alkanes of at least 4 members (excludes halogenated alkanes) is 2. The molecule has 0 spiro atoms. The van der Waals surface area contributed by atoms with Crippen LogP contribution >= 0.6 is 0 Å². The average Bonchev–Trinajstić information content (AvgIpc) is 3.15. The summed E-state index contributed by atoms with van der Waals surface area (Å²) in [6, 6.07) is 3.56. The largest absolute Gasteiger partial charge is 0.467 e. The smallest absolute Gasteiger partial charge is 0.274 e. The van der Waals surface area contributed by atoms with E-state index in [1.807, 2.05) is 0 Å². The van der Waals surface area contributed by atoms with Crippen LogP contribution in [-0.2, 0) is 11.3 Å². The van der Waals surface area contributed by atoms with Crippen LogP contribution in [0.25, 0.3) is 0 Å². The van der Waals surface area contributed by atoms with Crippen molar-refractivity contribution in [3.05, 3.63) is 48.4 Å². The number of nitrogens with one attached hydrogen (secondary N) is 1. The second kappa shape index (κ2) is 10.2. The number of carbonyl (C=O) groups is 2. The Bertz CT molecular complexity index is 644. The first kappa shape index (κ1) is 18.6. The molecule has 0 unspecified atom stereocenters. The summed E-state index contributed by atoms with van der Waals surface area (Å²) in [5.74, 6) is 0.316. The normalized spacial score (nSPS) is 10.4. The van der Waals surface area contributed by atoms with Gasteiger partial charge < -0.3 is 14.6 Å². The summed E-state index contributed by atoms with van der Waals surface area (Å²) in [7, 11) is 0. The fourth-order valence-corrected chi connectivity index (χ4v) is 2.34. The van der Waals surface area contributed by atoms with Crippen LogP contribution in [0.5, 0.6) is 0 Å². The number of rotatable bonds is 10. The van der Waals surface area contributed by atoms with E-state index in [1.165, 1.54) is 18.6 Å². The zero-order valence-corrected chi connectivity index (χ0v) is 14.5. The maximum Gasteiger partial charge on any atom is 0.274 e. The number of carbonyl (C=O) groups excluding carboxylic acids is 2. The first-order valence-corrected chi connectivity index (χ1v) is 8.55. The SMILES string of the molecule is CCCCCNC(=O)CCN(Cc1ccco1)C(=O)c1cnccn1. The molecular weight excluding hydrogens is 320 g/mol. The first-order chi connectivity index (χ1) is 12.2. The van der Waals surface area contributed by atoms with E-state index in [1.54, 1.807) is 23.3 Å². The number of hydrogen-bond donors (Lipinski definition) is 1. The van der Waals surface area contributed by atoms with Crippen LogP contribution < -0.4 is 5.32 Å².